The second-order valence-corrected chi connectivity index (χ2v) is 13.7. The average Bonchev–Trinajstić information content (AvgIpc) is 3.09. The molecule has 0 saturated heterocycles. The predicted molar refractivity (Wildman–Crippen MR) is 211 cm³/mol. The Morgan fingerprint density at radius 1 is 0.521 bits per heavy atom. The van der Waals surface area contributed by atoms with E-state index in [-0.39, 0.29) is 12.5 Å². The van der Waals surface area contributed by atoms with Crippen LogP contribution in [0.25, 0.3) is 0 Å². The molecule has 0 heterocycles. The van der Waals surface area contributed by atoms with Gasteiger partial charge in [-0.2, -0.15) is 0 Å². The van der Waals surface area contributed by atoms with Gasteiger partial charge < -0.3 is 15.5 Å². The summed E-state index contributed by atoms with van der Waals surface area (Å²) < 4.78 is 0. The first-order valence-corrected chi connectivity index (χ1v) is 20.5. The number of allylic oxidation sites excluding steroid dienone is 10. The summed E-state index contributed by atoms with van der Waals surface area (Å²) in [4.78, 5) is 12.3. The van der Waals surface area contributed by atoms with E-state index < -0.39 is 12.1 Å². The van der Waals surface area contributed by atoms with Crippen LogP contribution in [0.4, 0.5) is 0 Å². The molecule has 0 aliphatic heterocycles. The molecule has 2 atom stereocenters. The van der Waals surface area contributed by atoms with Crippen molar-refractivity contribution >= 4 is 5.91 Å². The Morgan fingerprint density at radius 2 is 0.917 bits per heavy atom. The Kier molecular flexibility index (Phi) is 38.0. The van der Waals surface area contributed by atoms with Gasteiger partial charge in [-0.25, -0.2) is 0 Å². The fourth-order valence-electron chi connectivity index (χ4n) is 5.92. The lowest BCUT2D eigenvalue weighted by atomic mass is 10.0. The molecule has 3 N–H and O–H groups in total. The van der Waals surface area contributed by atoms with E-state index >= 15 is 0 Å². The fraction of sp³-hybridized carbons (Fsp3) is 0.750. The monoisotopic (exact) mass is 670 g/mol. The molecule has 0 saturated carbocycles. The maximum absolute atomic E-state index is 12.3. The zero-order valence-corrected chi connectivity index (χ0v) is 31.7. The molecule has 278 valence electrons. The minimum Gasteiger partial charge on any atom is -0.394 e. The number of carbonyl (C=O) groups excluding carboxylic acids is 1. The van der Waals surface area contributed by atoms with Crippen LogP contribution < -0.4 is 5.32 Å². The van der Waals surface area contributed by atoms with Crippen LogP contribution >= 0.6 is 0 Å². The van der Waals surface area contributed by atoms with Crippen molar-refractivity contribution in [3.63, 3.8) is 0 Å². The smallest absolute Gasteiger partial charge is 0.220 e. The summed E-state index contributed by atoms with van der Waals surface area (Å²) in [5.41, 5.74) is 0. The molecule has 0 aromatic rings. The van der Waals surface area contributed by atoms with Crippen molar-refractivity contribution in [1.82, 2.24) is 5.32 Å². The average molecular weight is 670 g/mol. The maximum atomic E-state index is 12.3. The van der Waals surface area contributed by atoms with Gasteiger partial charge in [-0.3, -0.25) is 4.79 Å². The van der Waals surface area contributed by atoms with Crippen LogP contribution in [0.3, 0.4) is 0 Å². The molecule has 0 aromatic carbocycles. The summed E-state index contributed by atoms with van der Waals surface area (Å²) in [7, 11) is 0. The Balaban J connectivity index is 3.48. The Labute approximate surface area is 298 Å². The number of rotatable bonds is 36. The number of aliphatic hydroxyl groups is 2. The SMILES string of the molecule is CC/C=C\C/C=C\C/C=C\C/C=C\C/C=C\CCCCCCCCCCCCCCCC(=O)NC(CO)C(O)CCCCCCCCC. The topological polar surface area (TPSA) is 69.6 Å². The summed E-state index contributed by atoms with van der Waals surface area (Å²) in [5.74, 6) is -0.0400. The van der Waals surface area contributed by atoms with E-state index in [4.69, 9.17) is 0 Å². The summed E-state index contributed by atoms with van der Waals surface area (Å²) in [5, 5.41) is 22.9. The molecule has 1 amide bonds. The number of hydrogen-bond donors (Lipinski definition) is 3. The first kappa shape index (κ1) is 46.1. The van der Waals surface area contributed by atoms with Crippen LogP contribution in [0, 0.1) is 0 Å². The van der Waals surface area contributed by atoms with Crippen molar-refractivity contribution in [2.24, 2.45) is 0 Å². The van der Waals surface area contributed by atoms with Gasteiger partial charge in [0.1, 0.15) is 0 Å². The zero-order chi connectivity index (χ0) is 35.0. The van der Waals surface area contributed by atoms with Crippen LogP contribution in [0.1, 0.15) is 194 Å². The lowest BCUT2D eigenvalue weighted by Crippen LogP contribution is -2.45. The van der Waals surface area contributed by atoms with E-state index in [1.807, 2.05) is 0 Å². The van der Waals surface area contributed by atoms with Gasteiger partial charge in [-0.1, -0.05) is 190 Å². The van der Waals surface area contributed by atoms with Gasteiger partial charge >= 0.3 is 0 Å². The molecule has 0 fully saturated rings. The lowest BCUT2D eigenvalue weighted by Gasteiger charge is -2.22. The van der Waals surface area contributed by atoms with Crippen molar-refractivity contribution in [2.45, 2.75) is 206 Å². The highest BCUT2D eigenvalue weighted by atomic mass is 16.3. The Hall–Kier alpha value is -1.91. The Morgan fingerprint density at radius 3 is 1.38 bits per heavy atom. The van der Waals surface area contributed by atoms with E-state index in [0.29, 0.717) is 12.8 Å². The highest BCUT2D eigenvalue weighted by molar-refractivity contribution is 5.76. The largest absolute Gasteiger partial charge is 0.394 e. The summed E-state index contributed by atoms with van der Waals surface area (Å²) in [6.45, 7) is 4.19. The van der Waals surface area contributed by atoms with E-state index in [1.54, 1.807) is 0 Å². The summed E-state index contributed by atoms with van der Waals surface area (Å²) in [6.07, 6.45) is 54.5. The first-order valence-electron chi connectivity index (χ1n) is 20.5. The predicted octanol–water partition coefficient (Wildman–Crippen LogP) is 12.6. The van der Waals surface area contributed by atoms with Crippen LogP contribution in [-0.4, -0.2) is 34.9 Å². The van der Waals surface area contributed by atoms with Gasteiger partial charge in [-0.05, 0) is 57.8 Å². The molecular formula is C44H79NO3. The number of carbonyl (C=O) groups is 1. The van der Waals surface area contributed by atoms with Crippen molar-refractivity contribution in [2.75, 3.05) is 6.61 Å². The number of hydrogen-bond acceptors (Lipinski definition) is 3. The number of aliphatic hydroxyl groups excluding tert-OH is 2. The van der Waals surface area contributed by atoms with Gasteiger partial charge in [-0.15, -0.1) is 0 Å². The lowest BCUT2D eigenvalue weighted by molar-refractivity contribution is -0.123. The highest BCUT2D eigenvalue weighted by Crippen LogP contribution is 2.15. The van der Waals surface area contributed by atoms with Crippen molar-refractivity contribution < 1.29 is 15.0 Å². The molecule has 0 aliphatic carbocycles. The molecule has 0 radical (unpaired) electrons. The van der Waals surface area contributed by atoms with Crippen LogP contribution in [0.15, 0.2) is 60.8 Å². The molecule has 0 aliphatic rings. The van der Waals surface area contributed by atoms with Gasteiger partial charge in [0.25, 0.3) is 0 Å². The molecule has 0 bridgehead atoms. The van der Waals surface area contributed by atoms with Crippen LogP contribution in [0.5, 0.6) is 0 Å². The maximum Gasteiger partial charge on any atom is 0.220 e. The van der Waals surface area contributed by atoms with Crippen LogP contribution in [-0.2, 0) is 4.79 Å². The van der Waals surface area contributed by atoms with Gasteiger partial charge in [0.15, 0.2) is 0 Å². The molecule has 48 heavy (non-hydrogen) atoms. The first-order chi connectivity index (χ1) is 23.7. The third-order valence-corrected chi connectivity index (χ3v) is 9.04. The summed E-state index contributed by atoms with van der Waals surface area (Å²) in [6, 6.07) is -0.535. The van der Waals surface area contributed by atoms with Gasteiger partial charge in [0.05, 0.1) is 18.8 Å². The quantitative estimate of drug-likeness (QED) is 0.0459. The second-order valence-electron chi connectivity index (χ2n) is 13.7. The fourth-order valence-corrected chi connectivity index (χ4v) is 5.92. The van der Waals surface area contributed by atoms with Crippen LogP contribution in [0.2, 0.25) is 0 Å². The normalized spacial score (nSPS) is 13.7. The van der Waals surface area contributed by atoms with Gasteiger partial charge in [0, 0.05) is 6.42 Å². The van der Waals surface area contributed by atoms with E-state index in [2.05, 4.69) is 79.9 Å². The molecular weight excluding hydrogens is 590 g/mol. The molecule has 2 unspecified atom stereocenters. The minimum atomic E-state index is -0.658. The van der Waals surface area contributed by atoms with E-state index in [9.17, 15) is 15.0 Å². The van der Waals surface area contributed by atoms with Crippen molar-refractivity contribution in [3.05, 3.63) is 60.8 Å². The third-order valence-electron chi connectivity index (χ3n) is 9.04. The molecule has 0 spiro atoms. The standard InChI is InChI=1S/C44H79NO3/c1-3-5-7-9-11-12-13-14-15-16-17-18-19-20-21-22-23-24-25-26-27-28-29-30-31-32-34-36-38-40-44(48)45-42(41-46)43(47)39-37-35-33-10-8-6-4-2/h5,7,11-12,14-15,17-18,20-21,42-43,46-47H,3-4,6,8-10,13,16,19,22-41H2,1-2H3,(H,45,48)/b7-5-,12-11-,15-14-,18-17-,21-20-. The third kappa shape index (κ3) is 35.4. The molecule has 0 aromatic heterocycles. The molecule has 0 rings (SSSR count). The Bertz CT molecular complexity index is 812. The zero-order valence-electron chi connectivity index (χ0n) is 31.7. The second kappa shape index (κ2) is 39.5. The number of nitrogens with one attached hydrogen (secondary N) is 1. The molecule has 4 nitrogen and oxygen atoms in total. The van der Waals surface area contributed by atoms with Crippen molar-refractivity contribution in [3.8, 4) is 0 Å². The molecule has 4 heteroatoms. The summed E-state index contributed by atoms with van der Waals surface area (Å²) >= 11 is 0. The van der Waals surface area contributed by atoms with E-state index in [0.717, 1.165) is 57.8 Å². The van der Waals surface area contributed by atoms with E-state index in [1.165, 1.54) is 109 Å². The highest BCUT2D eigenvalue weighted by Gasteiger charge is 2.19. The number of amides is 1. The van der Waals surface area contributed by atoms with Crippen molar-refractivity contribution in [1.29, 1.82) is 0 Å². The van der Waals surface area contributed by atoms with Gasteiger partial charge in [0.2, 0.25) is 5.91 Å². The number of unbranched alkanes of at least 4 members (excludes halogenated alkanes) is 19. The minimum absolute atomic E-state index is 0.0400.